The van der Waals surface area contributed by atoms with Crippen molar-refractivity contribution in [2.75, 3.05) is 18.5 Å². The Kier molecular flexibility index (Phi) is 5.55. The maximum Gasteiger partial charge on any atom is 0.246 e. The lowest BCUT2D eigenvalue weighted by Crippen LogP contribution is -2.56. The first-order valence-corrected chi connectivity index (χ1v) is 11.1. The van der Waals surface area contributed by atoms with Crippen molar-refractivity contribution in [3.63, 3.8) is 0 Å². The van der Waals surface area contributed by atoms with Crippen molar-refractivity contribution in [2.24, 2.45) is 11.8 Å². The van der Waals surface area contributed by atoms with Crippen LogP contribution in [0.4, 0.5) is 5.69 Å². The Hall–Kier alpha value is -2.45. The molecule has 31 heavy (non-hydrogen) atoms. The van der Waals surface area contributed by atoms with Crippen LogP contribution < -0.4 is 10.6 Å². The lowest BCUT2D eigenvalue weighted by atomic mass is 9.65. The van der Waals surface area contributed by atoms with Crippen LogP contribution in [-0.2, 0) is 19.1 Å². The van der Waals surface area contributed by atoms with Gasteiger partial charge in [-0.05, 0) is 45.2 Å². The number of rotatable bonds is 7. The van der Waals surface area contributed by atoms with Gasteiger partial charge in [0.05, 0.1) is 24.0 Å². The topological polar surface area (TPSA) is 108 Å². The third-order valence-electron chi connectivity index (χ3n) is 7.02. The van der Waals surface area contributed by atoms with E-state index in [0.29, 0.717) is 24.9 Å². The summed E-state index contributed by atoms with van der Waals surface area (Å²) in [4.78, 5) is 41.6. The first-order chi connectivity index (χ1) is 14.8. The zero-order valence-electron chi connectivity index (χ0n) is 18.3. The lowest BCUT2D eigenvalue weighted by Gasteiger charge is -2.33. The van der Waals surface area contributed by atoms with Gasteiger partial charge in [0.1, 0.15) is 11.6 Å². The summed E-state index contributed by atoms with van der Waals surface area (Å²) < 4.78 is 6.59. The smallest absolute Gasteiger partial charge is 0.246 e. The van der Waals surface area contributed by atoms with Crippen LogP contribution in [0, 0.1) is 11.8 Å². The van der Waals surface area contributed by atoms with Crippen molar-refractivity contribution in [1.82, 2.24) is 10.2 Å². The SMILES string of the molecule is CC[C@]12CCC3(O1)C(C(=O)NC(C)C)N(CCO)C(=O)[C@@H]3[C@H]2C(=O)Nc1ccccc1. The average molecular weight is 430 g/mol. The molecule has 8 heteroatoms. The first kappa shape index (κ1) is 21.8. The van der Waals surface area contributed by atoms with Crippen LogP contribution >= 0.6 is 0 Å². The van der Waals surface area contributed by atoms with Gasteiger partial charge in [0, 0.05) is 18.3 Å². The summed E-state index contributed by atoms with van der Waals surface area (Å²) in [5.74, 6) is -2.30. The minimum absolute atomic E-state index is 0.0305. The van der Waals surface area contributed by atoms with Crippen molar-refractivity contribution < 1.29 is 24.2 Å². The highest BCUT2D eigenvalue weighted by molar-refractivity contribution is 6.02. The quantitative estimate of drug-likeness (QED) is 0.606. The number of β-amino-alcohol motifs (C(OH)–C–C–N with tert-alkyl or cyclic N) is 1. The van der Waals surface area contributed by atoms with Crippen molar-refractivity contribution >= 4 is 23.4 Å². The van der Waals surface area contributed by atoms with E-state index in [9.17, 15) is 19.5 Å². The van der Waals surface area contributed by atoms with Gasteiger partial charge < -0.3 is 25.4 Å². The van der Waals surface area contributed by atoms with Crippen LogP contribution in [0.5, 0.6) is 0 Å². The molecule has 0 saturated carbocycles. The normalized spacial score (nSPS) is 33.6. The molecule has 3 aliphatic rings. The van der Waals surface area contributed by atoms with Crippen LogP contribution in [0.25, 0.3) is 0 Å². The number of fused-ring (bicyclic) bond motifs is 1. The summed E-state index contributed by atoms with van der Waals surface area (Å²) in [7, 11) is 0. The Morgan fingerprint density at radius 2 is 1.94 bits per heavy atom. The third-order valence-corrected chi connectivity index (χ3v) is 7.02. The van der Waals surface area contributed by atoms with Gasteiger partial charge in [-0.2, -0.15) is 0 Å². The van der Waals surface area contributed by atoms with Gasteiger partial charge in [0.25, 0.3) is 0 Å². The van der Waals surface area contributed by atoms with Gasteiger partial charge >= 0.3 is 0 Å². The average Bonchev–Trinajstić information content (AvgIpc) is 3.33. The summed E-state index contributed by atoms with van der Waals surface area (Å²) in [6.45, 7) is 5.44. The number of benzene rings is 1. The largest absolute Gasteiger partial charge is 0.395 e. The number of carbonyl (C=O) groups is 3. The molecule has 3 heterocycles. The molecule has 3 fully saturated rings. The molecule has 1 spiro atoms. The summed E-state index contributed by atoms with van der Waals surface area (Å²) in [5, 5.41) is 15.4. The van der Waals surface area contributed by atoms with Gasteiger partial charge in [0.15, 0.2) is 0 Å². The van der Waals surface area contributed by atoms with Crippen LogP contribution in [-0.4, -0.2) is 64.2 Å². The molecule has 168 valence electrons. The highest BCUT2D eigenvalue weighted by Gasteiger charge is 2.78. The molecule has 4 rings (SSSR count). The fourth-order valence-electron chi connectivity index (χ4n) is 5.87. The molecular formula is C23H31N3O5. The molecular weight excluding hydrogens is 398 g/mol. The number of para-hydroxylation sites is 1. The number of nitrogens with one attached hydrogen (secondary N) is 2. The van der Waals surface area contributed by atoms with E-state index in [1.54, 1.807) is 12.1 Å². The molecule has 1 aromatic carbocycles. The van der Waals surface area contributed by atoms with E-state index in [2.05, 4.69) is 10.6 Å². The number of nitrogens with zero attached hydrogens (tertiary/aromatic N) is 1. The van der Waals surface area contributed by atoms with Crippen molar-refractivity contribution in [3.8, 4) is 0 Å². The molecule has 2 bridgehead atoms. The highest BCUT2D eigenvalue weighted by Crippen LogP contribution is 2.64. The Labute approximate surface area is 182 Å². The minimum atomic E-state index is -1.06. The number of carbonyl (C=O) groups excluding carboxylic acids is 3. The van der Waals surface area contributed by atoms with Gasteiger partial charge in [0.2, 0.25) is 17.7 Å². The van der Waals surface area contributed by atoms with E-state index in [1.165, 1.54) is 4.90 Å². The molecule has 3 amide bonds. The van der Waals surface area contributed by atoms with Crippen LogP contribution in [0.15, 0.2) is 30.3 Å². The number of aliphatic hydroxyl groups is 1. The zero-order chi connectivity index (χ0) is 22.4. The highest BCUT2D eigenvalue weighted by atomic mass is 16.5. The van der Waals surface area contributed by atoms with E-state index in [0.717, 1.165) is 0 Å². The number of aliphatic hydroxyl groups excluding tert-OH is 1. The fraction of sp³-hybridized carbons (Fsp3) is 0.609. The summed E-state index contributed by atoms with van der Waals surface area (Å²) >= 11 is 0. The van der Waals surface area contributed by atoms with Crippen molar-refractivity contribution in [2.45, 2.75) is 63.3 Å². The predicted molar refractivity (Wildman–Crippen MR) is 114 cm³/mol. The number of anilines is 1. The second kappa shape index (κ2) is 7.91. The molecule has 3 aliphatic heterocycles. The van der Waals surface area contributed by atoms with Crippen molar-refractivity contribution in [3.05, 3.63) is 30.3 Å². The zero-order valence-corrected chi connectivity index (χ0v) is 18.3. The second-order valence-corrected chi connectivity index (χ2v) is 9.11. The lowest BCUT2D eigenvalue weighted by molar-refractivity contribution is -0.147. The predicted octanol–water partition coefficient (Wildman–Crippen LogP) is 1.30. The number of amides is 3. The monoisotopic (exact) mass is 429 g/mol. The van der Waals surface area contributed by atoms with E-state index >= 15 is 0 Å². The molecule has 1 aromatic rings. The molecule has 3 N–H and O–H groups in total. The van der Waals surface area contributed by atoms with Crippen LogP contribution in [0.3, 0.4) is 0 Å². The molecule has 2 unspecified atom stereocenters. The Bertz CT molecular complexity index is 875. The van der Waals surface area contributed by atoms with E-state index < -0.39 is 29.1 Å². The molecule has 8 nitrogen and oxygen atoms in total. The van der Waals surface area contributed by atoms with Gasteiger partial charge in [-0.3, -0.25) is 14.4 Å². The number of likely N-dealkylation sites (tertiary alicyclic amines) is 1. The third kappa shape index (κ3) is 3.24. The van der Waals surface area contributed by atoms with Crippen LogP contribution in [0.2, 0.25) is 0 Å². The maximum atomic E-state index is 13.6. The molecule has 0 aromatic heterocycles. The van der Waals surface area contributed by atoms with Crippen LogP contribution in [0.1, 0.15) is 40.0 Å². The molecule has 3 saturated heterocycles. The van der Waals surface area contributed by atoms with Gasteiger partial charge in [-0.15, -0.1) is 0 Å². The Balaban J connectivity index is 1.73. The fourth-order valence-corrected chi connectivity index (χ4v) is 5.87. The molecule has 0 aliphatic carbocycles. The Morgan fingerprint density at radius 3 is 2.55 bits per heavy atom. The standard InChI is InChI=1S/C23H31N3O5/c1-4-22-10-11-23(31-22)17(16(22)19(28)25-15-8-6-5-7-9-15)21(30)26(12-13-27)18(23)20(29)24-14(2)3/h5-9,14,16-18,27H,4,10-13H2,1-3H3,(H,24,29)(H,25,28)/t16-,17-,18?,22+,23?/m0/s1. The van der Waals surface area contributed by atoms with E-state index in [-0.39, 0.29) is 36.9 Å². The number of hydrogen-bond donors (Lipinski definition) is 3. The van der Waals surface area contributed by atoms with E-state index in [4.69, 9.17) is 4.74 Å². The number of hydrogen-bond acceptors (Lipinski definition) is 5. The van der Waals surface area contributed by atoms with E-state index in [1.807, 2.05) is 39.0 Å². The summed E-state index contributed by atoms with van der Waals surface area (Å²) in [6.07, 6.45) is 1.72. The maximum absolute atomic E-state index is 13.6. The summed E-state index contributed by atoms with van der Waals surface area (Å²) in [6, 6.07) is 8.17. The van der Waals surface area contributed by atoms with Gasteiger partial charge in [-0.1, -0.05) is 25.1 Å². The second-order valence-electron chi connectivity index (χ2n) is 9.11. The molecule has 0 radical (unpaired) electrons. The first-order valence-electron chi connectivity index (χ1n) is 11.1. The van der Waals surface area contributed by atoms with Crippen molar-refractivity contribution in [1.29, 1.82) is 0 Å². The summed E-state index contributed by atoms with van der Waals surface area (Å²) in [5.41, 5.74) is -1.18. The minimum Gasteiger partial charge on any atom is -0.395 e. The Morgan fingerprint density at radius 1 is 1.23 bits per heavy atom. The number of ether oxygens (including phenoxy) is 1. The molecule has 5 atom stereocenters. The van der Waals surface area contributed by atoms with Gasteiger partial charge in [-0.25, -0.2) is 0 Å².